The molecule has 0 aromatic heterocycles. The predicted molar refractivity (Wildman–Crippen MR) is 127 cm³/mol. The smallest absolute Gasteiger partial charge is 0.169 e. The van der Waals surface area contributed by atoms with Crippen LogP contribution in [0.25, 0.3) is 0 Å². The molecule has 166 valence electrons. The molecule has 1 aromatic carbocycles. The highest BCUT2D eigenvalue weighted by atomic mass is 31.1. The van der Waals surface area contributed by atoms with Gasteiger partial charge in [0.05, 0.1) is 0 Å². The Bertz CT molecular complexity index is 663. The van der Waals surface area contributed by atoms with Crippen LogP contribution >= 0.6 is 37.0 Å². The van der Waals surface area contributed by atoms with Crippen molar-refractivity contribution in [1.29, 1.82) is 0 Å². The zero-order valence-corrected chi connectivity index (χ0v) is 21.2. The average Bonchev–Trinajstić information content (AvgIpc) is 2.63. The molecule has 1 aromatic rings. The topological polar surface area (TPSA) is 62.8 Å². The molecule has 6 atom stereocenters. The monoisotopic (exact) mass is 486 g/mol. The van der Waals surface area contributed by atoms with E-state index < -0.39 is 16.0 Å². The normalized spacial score (nSPS) is 20.2. The van der Waals surface area contributed by atoms with Gasteiger partial charge in [0.2, 0.25) is 0 Å². The third-order valence-electron chi connectivity index (χ3n) is 4.49. The average molecular weight is 486 g/mol. The van der Waals surface area contributed by atoms with Crippen LogP contribution in [-0.2, 0) is 5.72 Å². The van der Waals surface area contributed by atoms with Crippen LogP contribution in [0.3, 0.4) is 0 Å². The molecule has 1 aliphatic rings. The lowest BCUT2D eigenvalue weighted by Crippen LogP contribution is -2.48. The summed E-state index contributed by atoms with van der Waals surface area (Å²) in [5.41, 5.74) is -1.06. The maximum atomic E-state index is 13.9. The minimum atomic E-state index is -1.69. The van der Waals surface area contributed by atoms with Crippen molar-refractivity contribution in [3.8, 4) is 11.5 Å². The van der Waals surface area contributed by atoms with Crippen LogP contribution < -0.4 is 20.1 Å². The molecule has 0 saturated carbocycles. The first-order valence-electron chi connectivity index (χ1n) is 9.50. The van der Waals surface area contributed by atoms with E-state index in [1.54, 1.807) is 25.1 Å². The van der Waals surface area contributed by atoms with E-state index >= 15 is 0 Å². The number of alkyl halides is 2. The number of hydrogen-bond donors (Lipinski definition) is 3. The Hall–Kier alpha value is 0.280. The number of halogens is 2. The summed E-state index contributed by atoms with van der Waals surface area (Å²) in [6, 6.07) is 5.04. The summed E-state index contributed by atoms with van der Waals surface area (Å²) in [6.45, 7) is 2.69. The molecule has 5 nitrogen and oxygen atoms in total. The Balaban J connectivity index is 2.19. The number of hydrogen-bond acceptors (Lipinski definition) is 5. The van der Waals surface area contributed by atoms with Crippen LogP contribution in [0.4, 0.5) is 8.78 Å². The molecule has 0 aliphatic carbocycles. The summed E-state index contributed by atoms with van der Waals surface area (Å²) >= 11 is 0. The van der Waals surface area contributed by atoms with Crippen molar-refractivity contribution in [2.45, 2.75) is 48.3 Å². The van der Waals surface area contributed by atoms with Gasteiger partial charge in [-0.1, -0.05) is 43.4 Å². The molecule has 11 heteroatoms. The molecule has 1 saturated heterocycles. The van der Waals surface area contributed by atoms with Gasteiger partial charge >= 0.3 is 0 Å². The molecular formula is C18H32F2N2O3P4. The number of nitrogens with one attached hydrogen (secondary N) is 2. The van der Waals surface area contributed by atoms with E-state index in [2.05, 4.69) is 10.6 Å². The van der Waals surface area contributed by atoms with E-state index in [1.807, 2.05) is 37.0 Å². The summed E-state index contributed by atoms with van der Waals surface area (Å²) in [7, 11) is 8.18. The van der Waals surface area contributed by atoms with E-state index in [1.165, 1.54) is 0 Å². The molecule has 1 fully saturated rings. The second-order valence-corrected chi connectivity index (χ2v) is 12.9. The molecule has 3 N–H and O–H groups in total. The second kappa shape index (κ2) is 10.7. The fraction of sp³-hybridized carbons (Fsp3) is 0.667. The molecule has 2 rings (SSSR count). The molecule has 0 amide bonds. The van der Waals surface area contributed by atoms with Crippen LogP contribution in [-0.4, -0.2) is 47.8 Å². The van der Waals surface area contributed by atoms with Crippen molar-refractivity contribution in [1.82, 2.24) is 10.6 Å². The summed E-state index contributed by atoms with van der Waals surface area (Å²) < 4.78 is 38.7. The Labute approximate surface area is 181 Å². The van der Waals surface area contributed by atoms with Gasteiger partial charge < -0.3 is 19.9 Å². The SMILES string of the molecule is CC(O)(NCC1CCCCN1)c1cc(OCC(F)(P)P)ccc1OCC(F)(P)P. The van der Waals surface area contributed by atoms with Crippen LogP contribution in [0.15, 0.2) is 18.2 Å². The lowest BCUT2D eigenvalue weighted by Gasteiger charge is -2.32. The maximum absolute atomic E-state index is 13.9. The number of aliphatic hydroxyl groups is 1. The lowest BCUT2D eigenvalue weighted by molar-refractivity contribution is 0.0135. The van der Waals surface area contributed by atoms with Gasteiger partial charge in [-0.05, 0) is 44.5 Å². The first-order valence-corrected chi connectivity index (χ1v) is 11.8. The van der Waals surface area contributed by atoms with Crippen molar-refractivity contribution in [2.24, 2.45) is 0 Å². The minimum absolute atomic E-state index is 0.200. The molecular weight excluding hydrogens is 454 g/mol. The third-order valence-corrected chi connectivity index (χ3v) is 5.16. The second-order valence-electron chi connectivity index (χ2n) is 7.69. The quantitative estimate of drug-likeness (QED) is 0.351. The zero-order valence-electron chi connectivity index (χ0n) is 16.6. The van der Waals surface area contributed by atoms with Gasteiger partial charge in [-0.15, -0.1) is 0 Å². The first kappa shape index (κ1) is 25.5. The molecule has 29 heavy (non-hydrogen) atoms. The highest BCUT2D eigenvalue weighted by molar-refractivity contribution is 7.39. The summed E-state index contributed by atoms with van der Waals surface area (Å²) in [5, 5.41) is 14.3. The zero-order chi connectivity index (χ0) is 21.7. The lowest BCUT2D eigenvalue weighted by atomic mass is 10.0. The van der Waals surface area contributed by atoms with E-state index in [0.29, 0.717) is 23.6 Å². The van der Waals surface area contributed by atoms with Gasteiger partial charge in [0.25, 0.3) is 0 Å². The van der Waals surface area contributed by atoms with Gasteiger partial charge in [0, 0.05) is 18.2 Å². The summed E-state index contributed by atoms with van der Waals surface area (Å²) in [4.78, 5) is 0. The van der Waals surface area contributed by atoms with Gasteiger partial charge in [0.1, 0.15) is 30.4 Å². The molecule has 1 heterocycles. The predicted octanol–water partition coefficient (Wildman–Crippen LogP) is 3.09. The van der Waals surface area contributed by atoms with Gasteiger partial charge in [-0.2, -0.15) is 0 Å². The van der Waals surface area contributed by atoms with Gasteiger partial charge in [-0.25, -0.2) is 8.78 Å². The number of rotatable bonds is 10. The standard InChI is InChI=1S/C18H32F2N2O3P4/c1-16(23,22-9-12-4-2-3-7-21-12)14-8-13(24-10-17(19,26)27)5-6-15(14)25-11-18(20,28)29/h5-6,8,12,21-23H,2-4,7,9-11,26-29H2,1H3. The van der Waals surface area contributed by atoms with Crippen molar-refractivity contribution in [3.05, 3.63) is 23.8 Å². The van der Waals surface area contributed by atoms with Gasteiger partial charge in [-0.3, -0.25) is 5.32 Å². The fourth-order valence-electron chi connectivity index (χ4n) is 3.00. The number of ether oxygens (including phenoxy) is 2. The van der Waals surface area contributed by atoms with Crippen molar-refractivity contribution < 1.29 is 23.4 Å². The highest BCUT2D eigenvalue weighted by Gasteiger charge is 2.30. The van der Waals surface area contributed by atoms with Crippen molar-refractivity contribution in [3.63, 3.8) is 0 Å². The molecule has 1 aliphatic heterocycles. The minimum Gasteiger partial charge on any atom is -0.490 e. The van der Waals surface area contributed by atoms with Crippen molar-refractivity contribution >= 4 is 37.0 Å². The maximum Gasteiger partial charge on any atom is 0.169 e. The van der Waals surface area contributed by atoms with E-state index in [9.17, 15) is 13.9 Å². The third kappa shape index (κ3) is 9.53. The molecule has 6 unspecified atom stereocenters. The van der Waals surface area contributed by atoms with Crippen LogP contribution in [0.1, 0.15) is 31.7 Å². The van der Waals surface area contributed by atoms with Crippen molar-refractivity contribution in [2.75, 3.05) is 26.3 Å². The number of benzene rings is 1. The summed E-state index contributed by atoms with van der Waals surface area (Å²) in [5.74, 6) is 0.696. The van der Waals surface area contributed by atoms with Gasteiger partial charge in [0.15, 0.2) is 10.3 Å². The Morgan fingerprint density at radius 1 is 1.14 bits per heavy atom. The first-order chi connectivity index (χ1) is 13.4. The van der Waals surface area contributed by atoms with Crippen LogP contribution in [0, 0.1) is 0 Å². The van der Waals surface area contributed by atoms with E-state index in [0.717, 1.165) is 25.8 Å². The summed E-state index contributed by atoms with van der Waals surface area (Å²) in [6.07, 6.45) is 3.33. The Morgan fingerprint density at radius 3 is 2.38 bits per heavy atom. The Morgan fingerprint density at radius 2 is 1.79 bits per heavy atom. The Kier molecular flexibility index (Phi) is 9.45. The molecule has 0 bridgehead atoms. The van der Waals surface area contributed by atoms with E-state index in [4.69, 9.17) is 9.47 Å². The fourth-order valence-corrected chi connectivity index (χ4v) is 3.34. The molecule has 0 radical (unpaired) electrons. The van der Waals surface area contributed by atoms with Crippen LogP contribution in [0.5, 0.6) is 11.5 Å². The largest absolute Gasteiger partial charge is 0.490 e. The van der Waals surface area contributed by atoms with Crippen LogP contribution in [0.2, 0.25) is 0 Å². The van der Waals surface area contributed by atoms with E-state index in [-0.39, 0.29) is 19.3 Å². The highest BCUT2D eigenvalue weighted by Crippen LogP contribution is 2.36. The number of piperidine rings is 1. The molecule has 0 spiro atoms.